The molecule has 0 aliphatic carbocycles. The van der Waals surface area contributed by atoms with E-state index in [0.717, 1.165) is 16.8 Å². The third-order valence-corrected chi connectivity index (χ3v) is 5.48. The van der Waals surface area contributed by atoms with Gasteiger partial charge in [-0.05, 0) is 48.7 Å². The summed E-state index contributed by atoms with van der Waals surface area (Å²) >= 11 is 1.31. The van der Waals surface area contributed by atoms with Crippen molar-refractivity contribution in [2.45, 2.75) is 19.3 Å². The van der Waals surface area contributed by atoms with E-state index in [1.54, 1.807) is 12.1 Å². The number of anilines is 2. The molecule has 0 saturated heterocycles. The number of thiazole rings is 1. The Hall–Kier alpha value is -3.06. The number of carbonyl (C=O) groups is 2. The number of nitrogens with one attached hydrogen (secondary N) is 2. The molecule has 5 nitrogen and oxygen atoms in total. The van der Waals surface area contributed by atoms with E-state index in [1.807, 2.05) is 29.6 Å². The Morgan fingerprint density at radius 3 is 2.82 bits per heavy atom. The predicted molar refractivity (Wildman–Crippen MR) is 108 cm³/mol. The lowest BCUT2D eigenvalue weighted by Gasteiger charge is -2.24. The minimum absolute atomic E-state index is 0.0423. The minimum atomic E-state index is -0.304. The summed E-state index contributed by atoms with van der Waals surface area (Å²) in [7, 11) is 0. The van der Waals surface area contributed by atoms with Crippen LogP contribution in [0.1, 0.15) is 18.4 Å². The van der Waals surface area contributed by atoms with Gasteiger partial charge >= 0.3 is 0 Å². The van der Waals surface area contributed by atoms with Crippen LogP contribution < -0.4 is 10.6 Å². The van der Waals surface area contributed by atoms with Crippen molar-refractivity contribution in [2.75, 3.05) is 10.6 Å². The number of fused-ring (bicyclic) bond motifs is 1. The van der Waals surface area contributed by atoms with Gasteiger partial charge in [-0.25, -0.2) is 9.37 Å². The molecule has 1 unspecified atom stereocenters. The maximum atomic E-state index is 13.0. The third kappa shape index (κ3) is 4.09. The van der Waals surface area contributed by atoms with E-state index in [0.29, 0.717) is 23.7 Å². The molecular formula is C21H18FN3O2S. The van der Waals surface area contributed by atoms with Crippen molar-refractivity contribution >= 4 is 34.0 Å². The molecule has 0 spiro atoms. The van der Waals surface area contributed by atoms with Crippen molar-refractivity contribution in [3.63, 3.8) is 0 Å². The SMILES string of the molecule is O=C(CCC1Cc2ccccc2NC1=O)Nc1nc(-c2ccc(F)cc2)cs1. The second-order valence-electron chi connectivity index (χ2n) is 6.68. The highest BCUT2D eigenvalue weighted by molar-refractivity contribution is 7.14. The molecule has 2 N–H and O–H groups in total. The summed E-state index contributed by atoms with van der Waals surface area (Å²) in [5.41, 5.74) is 3.42. The molecule has 1 aromatic heterocycles. The van der Waals surface area contributed by atoms with E-state index in [4.69, 9.17) is 0 Å². The molecule has 1 aliphatic heterocycles. The molecule has 1 atom stereocenters. The standard InChI is InChI=1S/C21H18FN3O2S/c22-16-8-5-13(6-9-16)18-12-28-21(24-18)25-19(26)10-7-15-11-14-3-1-2-4-17(14)23-20(15)27/h1-6,8-9,12,15H,7,10-11H2,(H,23,27)(H,24,25,26). The van der Waals surface area contributed by atoms with E-state index in [1.165, 1.54) is 23.5 Å². The lowest BCUT2D eigenvalue weighted by Crippen LogP contribution is -2.30. The van der Waals surface area contributed by atoms with Crippen LogP contribution >= 0.6 is 11.3 Å². The fourth-order valence-corrected chi connectivity index (χ4v) is 3.95. The second kappa shape index (κ2) is 7.90. The summed E-state index contributed by atoms with van der Waals surface area (Å²) in [6, 6.07) is 13.8. The highest BCUT2D eigenvalue weighted by Gasteiger charge is 2.26. The van der Waals surface area contributed by atoms with E-state index >= 15 is 0 Å². The summed E-state index contributed by atoms with van der Waals surface area (Å²) in [6.45, 7) is 0. The Morgan fingerprint density at radius 2 is 2.00 bits per heavy atom. The number of rotatable bonds is 5. The second-order valence-corrected chi connectivity index (χ2v) is 7.54. The third-order valence-electron chi connectivity index (χ3n) is 4.72. The number of carbonyl (C=O) groups excluding carboxylic acids is 2. The molecule has 142 valence electrons. The summed E-state index contributed by atoms with van der Waals surface area (Å²) in [5.74, 6) is -0.736. The van der Waals surface area contributed by atoms with Crippen LogP contribution in [0.15, 0.2) is 53.9 Å². The summed E-state index contributed by atoms with van der Waals surface area (Å²) in [6.07, 6.45) is 1.36. The average molecular weight is 395 g/mol. The number of para-hydroxylation sites is 1. The number of benzene rings is 2. The van der Waals surface area contributed by atoms with Crippen molar-refractivity contribution in [3.8, 4) is 11.3 Å². The molecule has 0 saturated carbocycles. The Kier molecular flexibility index (Phi) is 5.16. The average Bonchev–Trinajstić information content (AvgIpc) is 3.15. The molecule has 0 radical (unpaired) electrons. The first kappa shape index (κ1) is 18.3. The van der Waals surface area contributed by atoms with Crippen LogP contribution in [0.3, 0.4) is 0 Å². The van der Waals surface area contributed by atoms with Crippen LogP contribution in [0.5, 0.6) is 0 Å². The van der Waals surface area contributed by atoms with E-state index in [2.05, 4.69) is 15.6 Å². The van der Waals surface area contributed by atoms with Gasteiger partial charge in [0.15, 0.2) is 5.13 Å². The smallest absolute Gasteiger partial charge is 0.227 e. The number of hydrogen-bond donors (Lipinski definition) is 2. The van der Waals surface area contributed by atoms with Gasteiger partial charge in [-0.2, -0.15) is 0 Å². The first-order valence-electron chi connectivity index (χ1n) is 8.98. The first-order valence-corrected chi connectivity index (χ1v) is 9.86. The van der Waals surface area contributed by atoms with Gasteiger partial charge in [-0.3, -0.25) is 9.59 Å². The molecule has 28 heavy (non-hydrogen) atoms. The lowest BCUT2D eigenvalue weighted by atomic mass is 9.89. The largest absolute Gasteiger partial charge is 0.326 e. The van der Waals surface area contributed by atoms with Gasteiger partial charge in [0.2, 0.25) is 11.8 Å². The van der Waals surface area contributed by atoms with Gasteiger partial charge in [0.05, 0.1) is 5.69 Å². The molecular weight excluding hydrogens is 377 g/mol. The number of hydrogen-bond acceptors (Lipinski definition) is 4. The topological polar surface area (TPSA) is 71.1 Å². The van der Waals surface area contributed by atoms with Crippen LogP contribution in [0.25, 0.3) is 11.3 Å². The van der Waals surface area contributed by atoms with Crippen molar-refractivity contribution in [3.05, 3.63) is 65.3 Å². The quantitative estimate of drug-likeness (QED) is 0.669. The zero-order valence-corrected chi connectivity index (χ0v) is 15.8. The van der Waals surface area contributed by atoms with Crippen molar-refractivity contribution in [1.29, 1.82) is 0 Å². The predicted octanol–water partition coefficient (Wildman–Crippen LogP) is 4.48. The van der Waals surface area contributed by atoms with E-state index in [9.17, 15) is 14.0 Å². The summed E-state index contributed by atoms with van der Waals surface area (Å²) < 4.78 is 13.0. The van der Waals surface area contributed by atoms with E-state index < -0.39 is 0 Å². The number of halogens is 1. The maximum Gasteiger partial charge on any atom is 0.227 e. The van der Waals surface area contributed by atoms with Crippen LogP contribution in [-0.2, 0) is 16.0 Å². The van der Waals surface area contributed by atoms with Gasteiger partial charge in [0.25, 0.3) is 0 Å². The molecule has 3 aromatic rings. The molecule has 2 heterocycles. The normalized spacial score (nSPS) is 15.6. The molecule has 0 fully saturated rings. The molecule has 2 aromatic carbocycles. The highest BCUT2D eigenvalue weighted by atomic mass is 32.1. The minimum Gasteiger partial charge on any atom is -0.326 e. The molecule has 2 amide bonds. The van der Waals surface area contributed by atoms with Crippen LogP contribution in [-0.4, -0.2) is 16.8 Å². The molecule has 0 bridgehead atoms. The van der Waals surface area contributed by atoms with Gasteiger partial charge in [-0.1, -0.05) is 18.2 Å². The lowest BCUT2D eigenvalue weighted by molar-refractivity contribution is -0.121. The Balaban J connectivity index is 1.33. The maximum absolute atomic E-state index is 13.0. The fourth-order valence-electron chi connectivity index (χ4n) is 3.22. The molecule has 4 rings (SSSR count). The number of nitrogens with zero attached hydrogens (tertiary/aromatic N) is 1. The molecule has 7 heteroatoms. The van der Waals surface area contributed by atoms with Gasteiger partial charge in [-0.15, -0.1) is 11.3 Å². The van der Waals surface area contributed by atoms with Gasteiger partial charge in [0.1, 0.15) is 5.82 Å². The van der Waals surface area contributed by atoms with Crippen molar-refractivity contribution in [1.82, 2.24) is 4.98 Å². The Bertz CT molecular complexity index is 1020. The Morgan fingerprint density at radius 1 is 1.21 bits per heavy atom. The zero-order valence-electron chi connectivity index (χ0n) is 14.9. The fraction of sp³-hybridized carbons (Fsp3) is 0.190. The Labute approximate surface area is 165 Å². The van der Waals surface area contributed by atoms with Crippen molar-refractivity contribution < 1.29 is 14.0 Å². The van der Waals surface area contributed by atoms with Crippen molar-refractivity contribution in [2.24, 2.45) is 5.92 Å². The summed E-state index contributed by atoms with van der Waals surface area (Å²) in [4.78, 5) is 28.9. The summed E-state index contributed by atoms with van der Waals surface area (Å²) in [5, 5.41) is 7.98. The van der Waals surface area contributed by atoms with Gasteiger partial charge < -0.3 is 10.6 Å². The highest BCUT2D eigenvalue weighted by Crippen LogP contribution is 2.28. The molecule has 1 aliphatic rings. The van der Waals surface area contributed by atoms with Gasteiger partial charge in [0, 0.05) is 29.0 Å². The first-order chi connectivity index (χ1) is 13.6. The number of amides is 2. The van der Waals surface area contributed by atoms with E-state index in [-0.39, 0.29) is 30.0 Å². The van der Waals surface area contributed by atoms with Crippen LogP contribution in [0.4, 0.5) is 15.2 Å². The monoisotopic (exact) mass is 395 g/mol. The number of aromatic nitrogens is 1. The van der Waals surface area contributed by atoms with Crippen LogP contribution in [0.2, 0.25) is 0 Å². The van der Waals surface area contributed by atoms with Crippen LogP contribution in [0, 0.1) is 11.7 Å². The zero-order chi connectivity index (χ0) is 19.5.